The number of ketones is 2. The molecule has 0 radical (unpaired) electrons. The maximum absolute atomic E-state index is 12.0. The molecule has 3 fully saturated rings. The molecule has 4 aliphatic rings. The predicted molar refractivity (Wildman–Crippen MR) is 109 cm³/mol. The van der Waals surface area contributed by atoms with Gasteiger partial charge >= 0.3 is 0 Å². The molecule has 0 amide bonds. The quantitative estimate of drug-likeness (QED) is 0.580. The average molecular weight is 369 g/mol. The summed E-state index contributed by atoms with van der Waals surface area (Å²) in [7, 11) is 0. The molecule has 27 heavy (non-hydrogen) atoms. The van der Waals surface area contributed by atoms with E-state index < -0.39 is 0 Å². The highest BCUT2D eigenvalue weighted by Gasteiger charge is 2.59. The van der Waals surface area contributed by atoms with Crippen LogP contribution in [0.3, 0.4) is 0 Å². The Hall–Kier alpha value is -1.18. The summed E-state index contributed by atoms with van der Waals surface area (Å²) in [5.41, 5.74) is 2.16. The molecule has 148 valence electrons. The Kier molecular flexibility index (Phi) is 4.76. The van der Waals surface area contributed by atoms with Gasteiger partial charge in [0.2, 0.25) is 0 Å². The average Bonchev–Trinajstić information content (AvgIpc) is 2.97. The topological polar surface area (TPSA) is 34.1 Å². The van der Waals surface area contributed by atoms with Gasteiger partial charge in [-0.2, -0.15) is 0 Å². The first-order valence-electron chi connectivity index (χ1n) is 11.2. The molecule has 0 aliphatic heterocycles. The molecule has 2 heteroatoms. The molecule has 0 N–H and O–H groups in total. The smallest absolute Gasteiger partial charge is 0.155 e. The molecule has 0 aromatic carbocycles. The van der Waals surface area contributed by atoms with Crippen molar-refractivity contribution in [1.82, 2.24) is 0 Å². The van der Waals surface area contributed by atoms with E-state index in [9.17, 15) is 9.59 Å². The Bertz CT molecular complexity index is 701. The SMILES string of the molecule is CC(=O)C=CC(C)C1CCC2C3CCC4=CC(=O)CCC4(C)C3CCC12C. The van der Waals surface area contributed by atoms with E-state index in [0.717, 1.165) is 37.0 Å². The highest BCUT2D eigenvalue weighted by Crippen LogP contribution is 2.67. The van der Waals surface area contributed by atoms with Gasteiger partial charge in [0.05, 0.1) is 0 Å². The Balaban J connectivity index is 1.58. The second-order valence-corrected chi connectivity index (χ2v) is 10.5. The fraction of sp³-hybridized carbons (Fsp3) is 0.760. The molecule has 0 heterocycles. The van der Waals surface area contributed by atoms with Crippen LogP contribution in [0.2, 0.25) is 0 Å². The van der Waals surface area contributed by atoms with Crippen LogP contribution in [-0.2, 0) is 9.59 Å². The molecule has 4 rings (SSSR count). The number of hydrogen-bond acceptors (Lipinski definition) is 2. The molecule has 0 aromatic rings. The summed E-state index contributed by atoms with van der Waals surface area (Å²) in [5.74, 6) is 4.13. The van der Waals surface area contributed by atoms with Crippen LogP contribution < -0.4 is 0 Å². The third-order valence-electron chi connectivity index (χ3n) is 9.30. The standard InChI is InChI=1S/C25H36O2/c1-16(5-6-17(2)26)21-9-10-22-20-8-7-18-15-19(27)11-13-24(18,3)23(20)12-14-25(21,22)4/h5-6,15-16,20-23H,7-14H2,1-4H3. The minimum atomic E-state index is 0.164. The van der Waals surface area contributed by atoms with E-state index in [1.807, 2.05) is 6.08 Å². The summed E-state index contributed by atoms with van der Waals surface area (Å²) < 4.78 is 0. The molecule has 7 unspecified atom stereocenters. The Morgan fingerprint density at radius 1 is 1.11 bits per heavy atom. The van der Waals surface area contributed by atoms with Crippen molar-refractivity contribution >= 4 is 11.6 Å². The summed E-state index contributed by atoms with van der Waals surface area (Å²) in [4.78, 5) is 23.4. The molecular weight excluding hydrogens is 332 g/mol. The van der Waals surface area contributed by atoms with Crippen molar-refractivity contribution in [2.75, 3.05) is 0 Å². The van der Waals surface area contributed by atoms with Crippen molar-refractivity contribution in [2.24, 2.45) is 40.4 Å². The maximum atomic E-state index is 12.0. The van der Waals surface area contributed by atoms with Crippen LogP contribution in [0.5, 0.6) is 0 Å². The van der Waals surface area contributed by atoms with Gasteiger partial charge in [0.1, 0.15) is 0 Å². The van der Waals surface area contributed by atoms with Crippen LogP contribution in [0.1, 0.15) is 79.1 Å². The fourth-order valence-electron chi connectivity index (χ4n) is 7.88. The van der Waals surface area contributed by atoms with Gasteiger partial charge in [-0.15, -0.1) is 0 Å². The minimum absolute atomic E-state index is 0.164. The Morgan fingerprint density at radius 2 is 1.89 bits per heavy atom. The largest absolute Gasteiger partial charge is 0.295 e. The summed E-state index contributed by atoms with van der Waals surface area (Å²) >= 11 is 0. The first-order chi connectivity index (χ1) is 12.8. The summed E-state index contributed by atoms with van der Waals surface area (Å²) in [6.07, 6.45) is 15.5. The summed E-state index contributed by atoms with van der Waals surface area (Å²) in [6, 6.07) is 0. The first-order valence-corrected chi connectivity index (χ1v) is 11.2. The van der Waals surface area contributed by atoms with E-state index in [4.69, 9.17) is 0 Å². The van der Waals surface area contributed by atoms with E-state index in [1.165, 1.54) is 37.7 Å². The second-order valence-electron chi connectivity index (χ2n) is 10.5. The highest BCUT2D eigenvalue weighted by atomic mass is 16.1. The summed E-state index contributed by atoms with van der Waals surface area (Å²) in [6.45, 7) is 8.99. The molecule has 2 nitrogen and oxygen atoms in total. The van der Waals surface area contributed by atoms with Gasteiger partial charge in [0.15, 0.2) is 11.6 Å². The molecule has 0 aromatic heterocycles. The third kappa shape index (κ3) is 2.98. The molecule has 4 aliphatic carbocycles. The van der Waals surface area contributed by atoms with Crippen LogP contribution in [0.4, 0.5) is 0 Å². The predicted octanol–water partition coefficient (Wildman–Crippen LogP) is 5.92. The van der Waals surface area contributed by atoms with Crippen molar-refractivity contribution < 1.29 is 9.59 Å². The van der Waals surface area contributed by atoms with Gasteiger partial charge in [-0.25, -0.2) is 0 Å². The van der Waals surface area contributed by atoms with E-state index in [2.05, 4.69) is 26.8 Å². The number of carbonyl (C=O) groups is 2. The lowest BCUT2D eigenvalue weighted by atomic mass is 9.46. The van der Waals surface area contributed by atoms with Crippen molar-refractivity contribution in [1.29, 1.82) is 0 Å². The highest BCUT2D eigenvalue weighted by molar-refractivity contribution is 5.91. The van der Waals surface area contributed by atoms with E-state index in [0.29, 0.717) is 23.0 Å². The molecule has 0 saturated heterocycles. The number of carbonyl (C=O) groups excluding carboxylic acids is 2. The lowest BCUT2D eigenvalue weighted by molar-refractivity contribution is -0.117. The zero-order valence-corrected chi connectivity index (χ0v) is 17.6. The zero-order valence-electron chi connectivity index (χ0n) is 17.6. The molecule has 7 atom stereocenters. The monoisotopic (exact) mass is 368 g/mol. The Morgan fingerprint density at radius 3 is 2.63 bits per heavy atom. The van der Waals surface area contributed by atoms with Crippen molar-refractivity contribution in [2.45, 2.75) is 79.1 Å². The molecule has 0 bridgehead atoms. The van der Waals surface area contributed by atoms with Gasteiger partial charge in [0, 0.05) is 6.42 Å². The minimum Gasteiger partial charge on any atom is -0.295 e. The fourth-order valence-corrected chi connectivity index (χ4v) is 7.88. The number of rotatable bonds is 3. The number of hydrogen-bond donors (Lipinski definition) is 0. The number of allylic oxidation sites excluding steroid dienone is 3. The van der Waals surface area contributed by atoms with Gasteiger partial charge in [-0.1, -0.05) is 32.4 Å². The molecule has 0 spiro atoms. The normalized spacial score (nSPS) is 45.0. The molecular formula is C25H36O2. The van der Waals surface area contributed by atoms with Crippen molar-refractivity contribution in [3.05, 3.63) is 23.8 Å². The van der Waals surface area contributed by atoms with Gasteiger partial charge in [0.25, 0.3) is 0 Å². The summed E-state index contributed by atoms with van der Waals surface area (Å²) in [5, 5.41) is 0. The van der Waals surface area contributed by atoms with E-state index in [1.54, 1.807) is 13.0 Å². The Labute approximate surface area is 164 Å². The van der Waals surface area contributed by atoms with Crippen LogP contribution in [0.25, 0.3) is 0 Å². The first kappa shape index (κ1) is 19.2. The lowest BCUT2D eigenvalue weighted by Gasteiger charge is -2.58. The number of fused-ring (bicyclic) bond motifs is 5. The third-order valence-corrected chi connectivity index (χ3v) is 9.30. The lowest BCUT2D eigenvalue weighted by Crippen LogP contribution is -2.50. The van der Waals surface area contributed by atoms with Gasteiger partial charge < -0.3 is 0 Å². The van der Waals surface area contributed by atoms with Crippen LogP contribution in [-0.4, -0.2) is 11.6 Å². The second kappa shape index (κ2) is 6.71. The van der Waals surface area contributed by atoms with Gasteiger partial charge in [-0.3, -0.25) is 9.59 Å². The molecule has 3 saturated carbocycles. The van der Waals surface area contributed by atoms with E-state index in [-0.39, 0.29) is 11.2 Å². The maximum Gasteiger partial charge on any atom is 0.155 e. The van der Waals surface area contributed by atoms with E-state index >= 15 is 0 Å². The van der Waals surface area contributed by atoms with Gasteiger partial charge in [-0.05, 0) is 104 Å². The van der Waals surface area contributed by atoms with Crippen molar-refractivity contribution in [3.63, 3.8) is 0 Å². The van der Waals surface area contributed by atoms with Crippen LogP contribution in [0, 0.1) is 40.4 Å². The van der Waals surface area contributed by atoms with Crippen LogP contribution >= 0.6 is 0 Å². The van der Waals surface area contributed by atoms with Crippen molar-refractivity contribution in [3.8, 4) is 0 Å². The van der Waals surface area contributed by atoms with Crippen LogP contribution in [0.15, 0.2) is 23.8 Å². The zero-order chi connectivity index (χ0) is 19.4.